The Bertz CT molecular complexity index is 491. The summed E-state index contributed by atoms with van der Waals surface area (Å²) in [6.07, 6.45) is 0.890. The Morgan fingerprint density at radius 1 is 1.19 bits per heavy atom. The van der Waals surface area contributed by atoms with Crippen molar-refractivity contribution in [1.29, 1.82) is 0 Å². The van der Waals surface area contributed by atoms with Crippen LogP contribution in [0.2, 0.25) is 0 Å². The van der Waals surface area contributed by atoms with Gasteiger partial charge in [-0.05, 0) is 25.5 Å². The number of hydrogen-bond donors (Lipinski definition) is 1. The number of hydrogen-bond acceptors (Lipinski definition) is 3. The average Bonchev–Trinajstić information content (AvgIpc) is 2.77. The van der Waals surface area contributed by atoms with E-state index in [9.17, 15) is 9.59 Å². The van der Waals surface area contributed by atoms with Crippen molar-refractivity contribution in [2.24, 2.45) is 0 Å². The number of aryl methyl sites for hydroxylation is 1. The smallest absolute Gasteiger partial charge is 0.312 e. The molecule has 0 aliphatic carbocycles. The molecule has 5 heteroatoms. The fourth-order valence-corrected chi connectivity index (χ4v) is 2.39. The molecule has 1 N–H and O–H groups in total. The number of likely N-dealkylation sites (N-methyl/N-ethyl adjacent to an activating group) is 1. The summed E-state index contributed by atoms with van der Waals surface area (Å²) in [6.45, 7) is 5.38. The molecule has 2 rings (SSSR count). The average molecular weight is 289 g/mol. The zero-order valence-corrected chi connectivity index (χ0v) is 12.8. The molecule has 0 radical (unpaired) electrons. The first-order chi connectivity index (χ1) is 10.1. The molecule has 2 amide bonds. The first-order valence-electron chi connectivity index (χ1n) is 7.38. The first kappa shape index (κ1) is 15.5. The standard InChI is InChI=1S/C16H23N3O2/c1-13-4-6-14(7-5-13)12-18(2)15(20)16(21)19-10-3-8-17-9-11-19/h4-7,17H,3,8-12H2,1-2H3. The minimum absolute atomic E-state index is 0.395. The van der Waals surface area contributed by atoms with Gasteiger partial charge in [0.25, 0.3) is 0 Å². The minimum atomic E-state index is -0.433. The van der Waals surface area contributed by atoms with Crippen molar-refractivity contribution < 1.29 is 9.59 Å². The van der Waals surface area contributed by atoms with Gasteiger partial charge >= 0.3 is 11.8 Å². The Labute approximate surface area is 125 Å². The van der Waals surface area contributed by atoms with Crippen LogP contribution in [0.4, 0.5) is 0 Å². The second-order valence-corrected chi connectivity index (χ2v) is 5.54. The summed E-state index contributed by atoms with van der Waals surface area (Å²) in [6, 6.07) is 7.99. The molecule has 0 spiro atoms. The van der Waals surface area contributed by atoms with Crippen LogP contribution in [0, 0.1) is 6.92 Å². The maximum atomic E-state index is 12.2. The highest BCUT2D eigenvalue weighted by Gasteiger charge is 2.25. The highest BCUT2D eigenvalue weighted by Crippen LogP contribution is 2.07. The maximum absolute atomic E-state index is 12.2. The van der Waals surface area contributed by atoms with Crippen LogP contribution >= 0.6 is 0 Å². The van der Waals surface area contributed by atoms with Gasteiger partial charge in [0, 0.05) is 33.2 Å². The molecule has 1 aromatic rings. The third-order valence-electron chi connectivity index (χ3n) is 3.70. The summed E-state index contributed by atoms with van der Waals surface area (Å²) in [5.74, 6) is -0.828. The van der Waals surface area contributed by atoms with Crippen molar-refractivity contribution >= 4 is 11.8 Å². The monoisotopic (exact) mass is 289 g/mol. The van der Waals surface area contributed by atoms with Crippen molar-refractivity contribution in [3.05, 3.63) is 35.4 Å². The Morgan fingerprint density at radius 2 is 1.90 bits per heavy atom. The molecule has 0 bridgehead atoms. The fraction of sp³-hybridized carbons (Fsp3) is 0.500. The van der Waals surface area contributed by atoms with Crippen LogP contribution in [0.5, 0.6) is 0 Å². The van der Waals surface area contributed by atoms with Gasteiger partial charge in [-0.1, -0.05) is 29.8 Å². The largest absolute Gasteiger partial charge is 0.333 e. The maximum Gasteiger partial charge on any atom is 0.312 e. The van der Waals surface area contributed by atoms with E-state index in [4.69, 9.17) is 0 Å². The summed E-state index contributed by atoms with van der Waals surface area (Å²) in [5.41, 5.74) is 2.21. The van der Waals surface area contributed by atoms with E-state index >= 15 is 0 Å². The van der Waals surface area contributed by atoms with Crippen LogP contribution in [0.15, 0.2) is 24.3 Å². The minimum Gasteiger partial charge on any atom is -0.333 e. The summed E-state index contributed by atoms with van der Waals surface area (Å²) in [7, 11) is 1.68. The fourth-order valence-electron chi connectivity index (χ4n) is 2.39. The lowest BCUT2D eigenvalue weighted by atomic mass is 10.1. The molecular weight excluding hydrogens is 266 g/mol. The van der Waals surface area contributed by atoms with Gasteiger partial charge in [0.1, 0.15) is 0 Å². The molecule has 0 atom stereocenters. The molecule has 1 aliphatic rings. The number of amides is 2. The van der Waals surface area contributed by atoms with Gasteiger partial charge in [-0.25, -0.2) is 0 Å². The van der Waals surface area contributed by atoms with Crippen LogP contribution in [0.25, 0.3) is 0 Å². The number of nitrogens with zero attached hydrogens (tertiary/aromatic N) is 2. The molecule has 1 fully saturated rings. The van der Waals surface area contributed by atoms with Crippen molar-refractivity contribution in [1.82, 2.24) is 15.1 Å². The molecule has 0 aromatic heterocycles. The van der Waals surface area contributed by atoms with E-state index in [1.807, 2.05) is 31.2 Å². The second kappa shape index (κ2) is 7.22. The Balaban J connectivity index is 1.94. The van der Waals surface area contributed by atoms with E-state index in [0.29, 0.717) is 19.6 Å². The highest BCUT2D eigenvalue weighted by molar-refractivity contribution is 6.34. The molecule has 21 heavy (non-hydrogen) atoms. The quantitative estimate of drug-likeness (QED) is 0.819. The number of carbonyl (C=O) groups is 2. The third-order valence-corrected chi connectivity index (χ3v) is 3.70. The Kier molecular flexibility index (Phi) is 5.33. The number of nitrogens with one attached hydrogen (secondary N) is 1. The van der Waals surface area contributed by atoms with Crippen molar-refractivity contribution in [3.63, 3.8) is 0 Å². The lowest BCUT2D eigenvalue weighted by molar-refractivity contribution is -0.151. The van der Waals surface area contributed by atoms with Gasteiger partial charge in [0.05, 0.1) is 0 Å². The molecule has 5 nitrogen and oxygen atoms in total. The molecule has 1 heterocycles. The lowest BCUT2D eigenvalue weighted by Gasteiger charge is -2.23. The number of rotatable bonds is 2. The van der Waals surface area contributed by atoms with Crippen LogP contribution < -0.4 is 5.32 Å². The summed E-state index contributed by atoms with van der Waals surface area (Å²) >= 11 is 0. The summed E-state index contributed by atoms with van der Waals surface area (Å²) in [5, 5.41) is 3.23. The van der Waals surface area contributed by atoms with Crippen LogP contribution in [-0.4, -0.2) is 54.8 Å². The molecule has 1 saturated heterocycles. The van der Waals surface area contributed by atoms with E-state index in [1.165, 1.54) is 10.5 Å². The Morgan fingerprint density at radius 3 is 2.62 bits per heavy atom. The van der Waals surface area contributed by atoms with E-state index < -0.39 is 11.8 Å². The van der Waals surface area contributed by atoms with Crippen molar-refractivity contribution in [2.75, 3.05) is 33.2 Å². The molecule has 1 aromatic carbocycles. The van der Waals surface area contributed by atoms with Gasteiger partial charge in [-0.15, -0.1) is 0 Å². The zero-order chi connectivity index (χ0) is 15.2. The van der Waals surface area contributed by atoms with Gasteiger partial charge in [-0.3, -0.25) is 9.59 Å². The van der Waals surface area contributed by atoms with Gasteiger partial charge < -0.3 is 15.1 Å². The third kappa shape index (κ3) is 4.29. The van der Waals surface area contributed by atoms with Gasteiger partial charge in [0.2, 0.25) is 0 Å². The van der Waals surface area contributed by atoms with Gasteiger partial charge in [-0.2, -0.15) is 0 Å². The van der Waals surface area contributed by atoms with Crippen molar-refractivity contribution in [3.8, 4) is 0 Å². The van der Waals surface area contributed by atoms with Crippen molar-refractivity contribution in [2.45, 2.75) is 19.9 Å². The second-order valence-electron chi connectivity index (χ2n) is 5.54. The normalized spacial score (nSPS) is 15.4. The predicted octanol–water partition coefficient (Wildman–Crippen LogP) is 0.775. The molecule has 1 aliphatic heterocycles. The topological polar surface area (TPSA) is 52.7 Å². The zero-order valence-electron chi connectivity index (χ0n) is 12.8. The SMILES string of the molecule is Cc1ccc(CN(C)C(=O)C(=O)N2CCCNCC2)cc1. The Hall–Kier alpha value is -1.88. The summed E-state index contributed by atoms with van der Waals surface area (Å²) in [4.78, 5) is 27.6. The van der Waals surface area contributed by atoms with E-state index in [-0.39, 0.29) is 0 Å². The van der Waals surface area contributed by atoms with E-state index in [2.05, 4.69) is 5.32 Å². The molecule has 114 valence electrons. The predicted molar refractivity (Wildman–Crippen MR) is 81.7 cm³/mol. The van der Waals surface area contributed by atoms with E-state index in [0.717, 1.165) is 25.1 Å². The lowest BCUT2D eigenvalue weighted by Crippen LogP contribution is -2.44. The van der Waals surface area contributed by atoms with Gasteiger partial charge in [0.15, 0.2) is 0 Å². The molecule has 0 saturated carbocycles. The van der Waals surface area contributed by atoms with Crippen LogP contribution in [-0.2, 0) is 16.1 Å². The highest BCUT2D eigenvalue weighted by atomic mass is 16.2. The summed E-state index contributed by atoms with van der Waals surface area (Å²) < 4.78 is 0. The van der Waals surface area contributed by atoms with E-state index in [1.54, 1.807) is 11.9 Å². The first-order valence-corrected chi connectivity index (χ1v) is 7.38. The molecule has 0 unspecified atom stereocenters. The number of benzene rings is 1. The van der Waals surface area contributed by atoms with Crippen LogP contribution in [0.3, 0.4) is 0 Å². The number of carbonyl (C=O) groups excluding carboxylic acids is 2. The molecular formula is C16H23N3O2. The van der Waals surface area contributed by atoms with Crippen LogP contribution in [0.1, 0.15) is 17.5 Å².